The number of amides is 2. The molecule has 1 heterocycles. The molecule has 1 atom stereocenters. The number of benzene rings is 2. The number of hydrogen-bond acceptors (Lipinski definition) is 2. The molecule has 0 aliphatic carbocycles. The number of carbonyl (C=O) groups is 1. The summed E-state index contributed by atoms with van der Waals surface area (Å²) in [6.45, 7) is 1.70. The normalized spacial score (nSPS) is 14.5. The second-order valence-electron chi connectivity index (χ2n) is 5.22. The van der Waals surface area contributed by atoms with Gasteiger partial charge in [0.1, 0.15) is 0 Å². The summed E-state index contributed by atoms with van der Waals surface area (Å²) in [5.74, 6) is 0.427. The van der Waals surface area contributed by atoms with Gasteiger partial charge in [0.05, 0.1) is 10.8 Å². The molecule has 1 unspecified atom stereocenters. The number of rotatable bonds is 4. The van der Waals surface area contributed by atoms with Gasteiger partial charge < -0.3 is 10.2 Å². The molecule has 114 valence electrons. The fourth-order valence-corrected chi connectivity index (χ4v) is 3.51. The average molecular weight is 314 g/mol. The van der Waals surface area contributed by atoms with Crippen molar-refractivity contribution in [2.75, 3.05) is 12.3 Å². The van der Waals surface area contributed by atoms with E-state index in [1.54, 1.807) is 4.90 Å². The lowest BCUT2D eigenvalue weighted by molar-refractivity contribution is 0.199. The number of nitrogens with one attached hydrogen (secondary N) is 1. The zero-order valence-electron chi connectivity index (χ0n) is 12.2. The molecule has 0 saturated heterocycles. The number of fused-ring (bicyclic) bond motifs is 1. The van der Waals surface area contributed by atoms with Crippen molar-refractivity contribution in [2.45, 2.75) is 18.0 Å². The molecule has 0 aromatic heterocycles. The minimum absolute atomic E-state index is 0.0961. The SMILES string of the molecule is O=C(NCCS(=O)c1ccccc1)N1Cc2ccccc2C1. The lowest BCUT2D eigenvalue weighted by Gasteiger charge is -2.16. The second kappa shape index (κ2) is 6.75. The summed E-state index contributed by atoms with van der Waals surface area (Å²) in [4.78, 5) is 14.7. The van der Waals surface area contributed by atoms with Crippen molar-refractivity contribution in [3.63, 3.8) is 0 Å². The maximum atomic E-state index is 12.1. The molecule has 0 saturated carbocycles. The molecule has 22 heavy (non-hydrogen) atoms. The summed E-state index contributed by atoms with van der Waals surface area (Å²) in [5, 5.41) is 2.85. The highest BCUT2D eigenvalue weighted by Crippen LogP contribution is 2.21. The van der Waals surface area contributed by atoms with Crippen LogP contribution in [-0.2, 0) is 23.9 Å². The number of carbonyl (C=O) groups excluding carboxylic acids is 1. The zero-order valence-corrected chi connectivity index (χ0v) is 13.0. The van der Waals surface area contributed by atoms with Crippen LogP contribution in [-0.4, -0.2) is 27.4 Å². The minimum atomic E-state index is -1.07. The highest BCUT2D eigenvalue weighted by molar-refractivity contribution is 7.85. The molecule has 0 fully saturated rings. The highest BCUT2D eigenvalue weighted by Gasteiger charge is 2.22. The van der Waals surface area contributed by atoms with Crippen molar-refractivity contribution in [1.82, 2.24) is 10.2 Å². The van der Waals surface area contributed by atoms with Crippen molar-refractivity contribution >= 4 is 16.8 Å². The molecule has 5 heteroatoms. The van der Waals surface area contributed by atoms with E-state index in [1.807, 2.05) is 54.6 Å². The fraction of sp³-hybridized carbons (Fsp3) is 0.235. The first-order valence-corrected chi connectivity index (χ1v) is 8.59. The number of nitrogens with zero attached hydrogens (tertiary/aromatic N) is 1. The third-order valence-electron chi connectivity index (χ3n) is 3.70. The van der Waals surface area contributed by atoms with Gasteiger partial charge in [-0.25, -0.2) is 4.79 Å². The van der Waals surface area contributed by atoms with Gasteiger partial charge in [-0.15, -0.1) is 0 Å². The van der Waals surface area contributed by atoms with Gasteiger partial charge >= 0.3 is 6.03 Å². The fourth-order valence-electron chi connectivity index (χ4n) is 2.53. The Labute approximate surface area is 132 Å². The number of hydrogen-bond donors (Lipinski definition) is 1. The van der Waals surface area contributed by atoms with E-state index in [2.05, 4.69) is 5.32 Å². The molecule has 1 N–H and O–H groups in total. The van der Waals surface area contributed by atoms with E-state index in [9.17, 15) is 9.00 Å². The van der Waals surface area contributed by atoms with E-state index >= 15 is 0 Å². The lowest BCUT2D eigenvalue weighted by atomic mass is 10.1. The average Bonchev–Trinajstić information content (AvgIpc) is 2.99. The molecule has 3 rings (SSSR count). The molecule has 0 spiro atoms. The van der Waals surface area contributed by atoms with Crippen LogP contribution in [0.15, 0.2) is 59.5 Å². The van der Waals surface area contributed by atoms with Gasteiger partial charge in [0.25, 0.3) is 0 Å². The highest BCUT2D eigenvalue weighted by atomic mass is 32.2. The minimum Gasteiger partial charge on any atom is -0.337 e. The Hall–Kier alpha value is -2.14. The monoisotopic (exact) mass is 314 g/mol. The first-order chi connectivity index (χ1) is 10.7. The second-order valence-corrected chi connectivity index (χ2v) is 6.79. The first kappa shape index (κ1) is 14.8. The van der Waals surface area contributed by atoms with Crippen molar-refractivity contribution in [3.8, 4) is 0 Å². The topological polar surface area (TPSA) is 49.4 Å². The van der Waals surface area contributed by atoms with E-state index in [0.717, 1.165) is 4.90 Å². The van der Waals surface area contributed by atoms with Crippen molar-refractivity contribution < 1.29 is 9.00 Å². The quantitative estimate of drug-likeness (QED) is 0.943. The van der Waals surface area contributed by atoms with Crippen LogP contribution in [0.25, 0.3) is 0 Å². The van der Waals surface area contributed by atoms with Gasteiger partial charge in [0.15, 0.2) is 0 Å². The Morgan fingerprint density at radius 1 is 1.00 bits per heavy atom. The molecule has 0 bridgehead atoms. The van der Waals surface area contributed by atoms with Crippen molar-refractivity contribution in [1.29, 1.82) is 0 Å². The standard InChI is InChI=1S/C17H18N2O2S/c20-17(19-12-14-6-4-5-7-15(14)13-19)18-10-11-22(21)16-8-2-1-3-9-16/h1-9H,10-13H2,(H,18,20). The van der Waals surface area contributed by atoms with Crippen LogP contribution < -0.4 is 5.32 Å². The van der Waals surface area contributed by atoms with E-state index in [0.29, 0.717) is 25.4 Å². The maximum absolute atomic E-state index is 12.1. The predicted octanol–water partition coefficient (Wildman–Crippen LogP) is 2.52. The molecule has 1 aliphatic heterocycles. The van der Waals surface area contributed by atoms with Crippen molar-refractivity contribution in [3.05, 3.63) is 65.7 Å². The number of urea groups is 1. The van der Waals surface area contributed by atoms with Gasteiger partial charge in [0, 0.05) is 30.3 Å². The van der Waals surface area contributed by atoms with Crippen LogP contribution in [0.5, 0.6) is 0 Å². The summed E-state index contributed by atoms with van der Waals surface area (Å²) in [6, 6.07) is 17.3. The summed E-state index contributed by atoms with van der Waals surface area (Å²) in [7, 11) is -1.07. The Morgan fingerprint density at radius 3 is 2.23 bits per heavy atom. The lowest BCUT2D eigenvalue weighted by Crippen LogP contribution is -2.38. The summed E-state index contributed by atoms with van der Waals surface area (Å²) >= 11 is 0. The van der Waals surface area contributed by atoms with Crippen LogP contribution in [0.3, 0.4) is 0 Å². The molecular formula is C17H18N2O2S. The van der Waals surface area contributed by atoms with Crippen LogP contribution in [0, 0.1) is 0 Å². The van der Waals surface area contributed by atoms with Crippen LogP contribution in [0.2, 0.25) is 0 Å². The largest absolute Gasteiger partial charge is 0.337 e. The Kier molecular flexibility index (Phi) is 4.53. The predicted molar refractivity (Wildman–Crippen MR) is 86.8 cm³/mol. The molecule has 2 aromatic rings. The van der Waals surface area contributed by atoms with Gasteiger partial charge in [0.2, 0.25) is 0 Å². The molecule has 0 radical (unpaired) electrons. The summed E-state index contributed by atoms with van der Waals surface area (Å²) < 4.78 is 12.1. The smallest absolute Gasteiger partial charge is 0.318 e. The first-order valence-electron chi connectivity index (χ1n) is 7.27. The van der Waals surface area contributed by atoms with E-state index in [1.165, 1.54) is 11.1 Å². The molecule has 2 amide bonds. The summed E-state index contributed by atoms with van der Waals surface area (Å²) in [6.07, 6.45) is 0. The Bertz CT molecular complexity index is 663. The van der Waals surface area contributed by atoms with Crippen LogP contribution in [0.1, 0.15) is 11.1 Å². The summed E-state index contributed by atoms with van der Waals surface area (Å²) in [5.41, 5.74) is 2.40. The Morgan fingerprint density at radius 2 is 1.59 bits per heavy atom. The third kappa shape index (κ3) is 3.36. The van der Waals surface area contributed by atoms with Gasteiger partial charge in [-0.1, -0.05) is 42.5 Å². The maximum Gasteiger partial charge on any atom is 0.318 e. The van der Waals surface area contributed by atoms with Gasteiger partial charge in [-0.05, 0) is 23.3 Å². The van der Waals surface area contributed by atoms with Gasteiger partial charge in [-0.3, -0.25) is 4.21 Å². The van der Waals surface area contributed by atoms with E-state index in [-0.39, 0.29) is 6.03 Å². The van der Waals surface area contributed by atoms with Gasteiger partial charge in [-0.2, -0.15) is 0 Å². The van der Waals surface area contributed by atoms with Crippen molar-refractivity contribution in [2.24, 2.45) is 0 Å². The van der Waals surface area contributed by atoms with Crippen LogP contribution in [0.4, 0.5) is 4.79 Å². The third-order valence-corrected chi connectivity index (χ3v) is 5.07. The molecule has 1 aliphatic rings. The Balaban J connectivity index is 1.47. The van der Waals surface area contributed by atoms with E-state index in [4.69, 9.17) is 0 Å². The zero-order chi connectivity index (χ0) is 15.4. The van der Waals surface area contributed by atoms with E-state index < -0.39 is 10.8 Å². The molecule has 4 nitrogen and oxygen atoms in total. The molecular weight excluding hydrogens is 296 g/mol. The molecule has 2 aromatic carbocycles. The van der Waals surface area contributed by atoms with Crippen LogP contribution >= 0.6 is 0 Å².